The number of methoxy groups -OCH3 is 2. The van der Waals surface area contributed by atoms with Crippen LogP contribution in [-0.2, 0) is 20.9 Å². The van der Waals surface area contributed by atoms with Gasteiger partial charge in [-0.2, -0.15) is 0 Å². The fourth-order valence-corrected chi connectivity index (χ4v) is 4.79. The largest absolute Gasteiger partial charge is 0.497 e. The first-order valence-corrected chi connectivity index (χ1v) is 14.8. The highest BCUT2D eigenvalue weighted by atomic mass is 16.5. The zero-order valence-electron chi connectivity index (χ0n) is 25.6. The Morgan fingerprint density at radius 2 is 1.66 bits per heavy atom. The van der Waals surface area contributed by atoms with Crippen LogP contribution >= 0.6 is 0 Å². The minimum Gasteiger partial charge on any atom is -0.497 e. The van der Waals surface area contributed by atoms with Crippen molar-refractivity contribution in [3.05, 3.63) is 94.2 Å². The summed E-state index contributed by atoms with van der Waals surface area (Å²) in [5, 5.41) is 0.234. The maximum absolute atomic E-state index is 13.1. The molecule has 44 heavy (non-hydrogen) atoms. The van der Waals surface area contributed by atoms with E-state index in [0.29, 0.717) is 29.4 Å². The molecule has 230 valence electrons. The summed E-state index contributed by atoms with van der Waals surface area (Å²) in [5.41, 5.74) is 2.19. The quantitative estimate of drug-likeness (QED) is 0.0825. The molecule has 0 amide bonds. The van der Waals surface area contributed by atoms with Gasteiger partial charge in [0, 0.05) is 36.3 Å². The molecule has 1 heterocycles. The molecule has 0 unspecified atom stereocenters. The predicted molar refractivity (Wildman–Crippen MR) is 170 cm³/mol. The number of hydrogen-bond acceptors (Lipinski definition) is 8. The number of ether oxygens (including phenoxy) is 4. The van der Waals surface area contributed by atoms with Gasteiger partial charge in [-0.3, -0.25) is 9.59 Å². The van der Waals surface area contributed by atoms with E-state index in [9.17, 15) is 14.4 Å². The van der Waals surface area contributed by atoms with Crippen molar-refractivity contribution >= 4 is 29.0 Å². The summed E-state index contributed by atoms with van der Waals surface area (Å²) in [6.45, 7) is 4.42. The highest BCUT2D eigenvalue weighted by Crippen LogP contribution is 2.32. The number of fused-ring (bicyclic) bond motifs is 1. The van der Waals surface area contributed by atoms with Crippen LogP contribution < -0.4 is 19.6 Å². The van der Waals surface area contributed by atoms with Crippen molar-refractivity contribution in [3.63, 3.8) is 0 Å². The number of esters is 2. The second-order valence-corrected chi connectivity index (χ2v) is 10.5. The van der Waals surface area contributed by atoms with Gasteiger partial charge in [0.25, 0.3) is 0 Å². The molecule has 0 aliphatic rings. The van der Waals surface area contributed by atoms with E-state index in [1.807, 2.05) is 24.3 Å². The van der Waals surface area contributed by atoms with Crippen LogP contribution in [0.15, 0.2) is 82.0 Å². The molecule has 3 aromatic carbocycles. The van der Waals surface area contributed by atoms with E-state index in [4.69, 9.17) is 23.4 Å². The molecule has 1 aromatic heterocycles. The number of carbonyl (C=O) groups excluding carboxylic acids is 2. The van der Waals surface area contributed by atoms with Crippen molar-refractivity contribution in [2.24, 2.45) is 5.92 Å². The van der Waals surface area contributed by atoms with Gasteiger partial charge in [-0.05, 0) is 41.7 Å². The van der Waals surface area contributed by atoms with E-state index < -0.39 is 5.97 Å². The Morgan fingerprint density at radius 3 is 2.32 bits per heavy atom. The third-order valence-corrected chi connectivity index (χ3v) is 7.37. The molecule has 0 aliphatic heterocycles. The molecule has 8 nitrogen and oxygen atoms in total. The second kappa shape index (κ2) is 15.6. The summed E-state index contributed by atoms with van der Waals surface area (Å²) in [5.74, 6) is 0.973. The standard InChI is InChI=1S/C36H38O8/c1-5-7-8-24(6-2)19-35(39)42-23-26-9-14-27(15-10-26)31-22-30(37)36-32(41-4)20-29(21-33(36)44-31)43-34(38)18-13-25-11-16-28(40-3)17-12-25/h9-18,20-22,24H,5-8,19,23H2,1-4H3/t24-/m0/s1. The molecule has 0 saturated carbocycles. The third-order valence-electron chi connectivity index (χ3n) is 7.37. The minimum absolute atomic E-state index is 0.163. The lowest BCUT2D eigenvalue weighted by Gasteiger charge is -2.13. The summed E-state index contributed by atoms with van der Waals surface area (Å²) in [6.07, 6.45) is 7.57. The van der Waals surface area contributed by atoms with Gasteiger partial charge in [-0.25, -0.2) is 4.79 Å². The summed E-state index contributed by atoms with van der Waals surface area (Å²) in [7, 11) is 3.01. The fourth-order valence-electron chi connectivity index (χ4n) is 4.79. The number of unbranched alkanes of at least 4 members (excludes halogenated alkanes) is 1. The molecule has 0 aliphatic carbocycles. The van der Waals surface area contributed by atoms with Gasteiger partial charge in [-0.15, -0.1) is 0 Å². The zero-order valence-corrected chi connectivity index (χ0v) is 25.6. The van der Waals surface area contributed by atoms with E-state index in [1.165, 1.54) is 31.4 Å². The number of hydrogen-bond donors (Lipinski definition) is 0. The average Bonchev–Trinajstić information content (AvgIpc) is 3.04. The smallest absolute Gasteiger partial charge is 0.336 e. The van der Waals surface area contributed by atoms with E-state index in [-0.39, 0.29) is 40.5 Å². The van der Waals surface area contributed by atoms with Crippen molar-refractivity contribution in [2.45, 2.75) is 52.6 Å². The Balaban J connectivity index is 1.47. The number of rotatable bonds is 14. The normalized spacial score (nSPS) is 11.8. The van der Waals surface area contributed by atoms with E-state index in [0.717, 1.165) is 36.8 Å². The second-order valence-electron chi connectivity index (χ2n) is 10.5. The van der Waals surface area contributed by atoms with Crippen molar-refractivity contribution in [1.82, 2.24) is 0 Å². The molecule has 4 aromatic rings. The monoisotopic (exact) mass is 598 g/mol. The Hall–Kier alpha value is -4.85. The molecule has 0 radical (unpaired) electrons. The molecule has 0 N–H and O–H groups in total. The van der Waals surface area contributed by atoms with E-state index in [2.05, 4.69) is 13.8 Å². The van der Waals surface area contributed by atoms with Crippen molar-refractivity contribution in [1.29, 1.82) is 0 Å². The predicted octanol–water partition coefficient (Wildman–Crippen LogP) is 7.75. The highest BCUT2D eigenvalue weighted by molar-refractivity contribution is 5.91. The van der Waals surface area contributed by atoms with Crippen LogP contribution in [0, 0.1) is 5.92 Å². The van der Waals surface area contributed by atoms with Gasteiger partial charge in [-0.1, -0.05) is 69.5 Å². The molecule has 0 fully saturated rings. The Bertz CT molecular complexity index is 1650. The Labute approximate surface area is 257 Å². The fraction of sp³-hybridized carbons (Fsp3) is 0.306. The van der Waals surface area contributed by atoms with Crippen LogP contribution in [0.2, 0.25) is 0 Å². The van der Waals surface area contributed by atoms with E-state index >= 15 is 0 Å². The van der Waals surface area contributed by atoms with Crippen LogP contribution in [-0.4, -0.2) is 26.2 Å². The average molecular weight is 599 g/mol. The lowest BCUT2D eigenvalue weighted by Crippen LogP contribution is -2.11. The highest BCUT2D eigenvalue weighted by Gasteiger charge is 2.16. The lowest BCUT2D eigenvalue weighted by molar-refractivity contribution is -0.146. The summed E-state index contributed by atoms with van der Waals surface area (Å²) >= 11 is 0. The first-order chi connectivity index (χ1) is 21.3. The summed E-state index contributed by atoms with van der Waals surface area (Å²) in [6, 6.07) is 18.8. The summed E-state index contributed by atoms with van der Waals surface area (Å²) in [4.78, 5) is 38.0. The third kappa shape index (κ3) is 8.60. The van der Waals surface area contributed by atoms with Crippen LogP contribution in [0.25, 0.3) is 28.4 Å². The maximum atomic E-state index is 13.1. The topological polar surface area (TPSA) is 101 Å². The summed E-state index contributed by atoms with van der Waals surface area (Å²) < 4.78 is 27.7. The van der Waals surface area contributed by atoms with Crippen LogP contribution in [0.4, 0.5) is 0 Å². The molecule has 4 rings (SSSR count). The molecular formula is C36H38O8. The van der Waals surface area contributed by atoms with Crippen molar-refractivity contribution < 1.29 is 33.0 Å². The van der Waals surface area contributed by atoms with Crippen LogP contribution in [0.1, 0.15) is 57.1 Å². The van der Waals surface area contributed by atoms with Gasteiger partial charge in [0.05, 0.1) is 14.2 Å². The van der Waals surface area contributed by atoms with E-state index in [1.54, 1.807) is 37.5 Å². The Morgan fingerprint density at radius 1 is 0.909 bits per heavy atom. The first kappa shape index (κ1) is 32.1. The molecule has 8 heteroatoms. The van der Waals surface area contributed by atoms with Crippen LogP contribution in [0.3, 0.4) is 0 Å². The number of benzene rings is 3. The number of carbonyl (C=O) groups is 2. The molecule has 1 atom stereocenters. The van der Waals surface area contributed by atoms with Gasteiger partial charge >= 0.3 is 11.9 Å². The zero-order chi connectivity index (χ0) is 31.5. The van der Waals surface area contributed by atoms with Gasteiger partial charge in [0.1, 0.15) is 40.6 Å². The van der Waals surface area contributed by atoms with Crippen LogP contribution in [0.5, 0.6) is 17.2 Å². The van der Waals surface area contributed by atoms with Gasteiger partial charge in [0.2, 0.25) is 0 Å². The molecular weight excluding hydrogens is 560 g/mol. The minimum atomic E-state index is -0.608. The maximum Gasteiger partial charge on any atom is 0.336 e. The van der Waals surface area contributed by atoms with Crippen molar-refractivity contribution in [2.75, 3.05) is 14.2 Å². The molecule has 0 bridgehead atoms. The lowest BCUT2D eigenvalue weighted by atomic mass is 9.96. The first-order valence-electron chi connectivity index (χ1n) is 14.8. The van der Waals surface area contributed by atoms with Gasteiger partial charge < -0.3 is 23.4 Å². The van der Waals surface area contributed by atoms with Gasteiger partial charge in [0.15, 0.2) is 5.43 Å². The SMILES string of the molecule is CCCC[C@H](CC)CC(=O)OCc1ccc(-c2cc(=O)c3c(OC)cc(OC(=O)C=Cc4ccc(OC)cc4)cc3o2)cc1. The molecule has 0 saturated heterocycles. The molecule has 0 spiro atoms. The van der Waals surface area contributed by atoms with Crippen molar-refractivity contribution in [3.8, 4) is 28.6 Å². The Kier molecular flexibility index (Phi) is 11.3.